The molecule has 0 atom stereocenters. The summed E-state index contributed by atoms with van der Waals surface area (Å²) in [6, 6.07) is 3.19. The Kier molecular flexibility index (Phi) is 4.33. The van der Waals surface area contributed by atoms with Gasteiger partial charge in [-0.25, -0.2) is 4.98 Å². The van der Waals surface area contributed by atoms with Crippen molar-refractivity contribution in [2.75, 3.05) is 5.32 Å². The van der Waals surface area contributed by atoms with Crippen LogP contribution >= 0.6 is 0 Å². The van der Waals surface area contributed by atoms with Crippen LogP contribution < -0.4 is 11.1 Å². The van der Waals surface area contributed by atoms with E-state index in [1.807, 2.05) is 6.07 Å². The first kappa shape index (κ1) is 14.7. The Labute approximate surface area is 121 Å². The van der Waals surface area contributed by atoms with Crippen LogP contribution in [0.25, 0.3) is 0 Å². The van der Waals surface area contributed by atoms with Crippen LogP contribution in [-0.4, -0.2) is 21.9 Å². The van der Waals surface area contributed by atoms with E-state index in [2.05, 4.69) is 10.3 Å². The highest BCUT2D eigenvalue weighted by Gasteiger charge is 2.25. The SMILES string of the molecule is N#Cc1cc([N+](=O)[O-])cnc1NC1CCC(C(N)=O)CC1. The quantitative estimate of drug-likeness (QED) is 0.633. The molecule has 0 saturated heterocycles. The molecule has 1 heterocycles. The third-order valence-electron chi connectivity index (χ3n) is 3.67. The number of primary amides is 1. The summed E-state index contributed by atoms with van der Waals surface area (Å²) in [5.41, 5.74) is 5.20. The second kappa shape index (κ2) is 6.17. The molecule has 3 N–H and O–H groups in total. The molecule has 8 heteroatoms. The van der Waals surface area contributed by atoms with E-state index < -0.39 is 4.92 Å². The van der Waals surface area contributed by atoms with Crippen molar-refractivity contribution in [2.24, 2.45) is 11.7 Å². The number of nitrogens with one attached hydrogen (secondary N) is 1. The second-order valence-corrected chi connectivity index (χ2v) is 5.05. The molecule has 0 bridgehead atoms. The number of rotatable bonds is 4. The van der Waals surface area contributed by atoms with E-state index >= 15 is 0 Å². The molecule has 8 nitrogen and oxygen atoms in total. The number of nitrogens with two attached hydrogens (primary N) is 1. The van der Waals surface area contributed by atoms with E-state index in [0.717, 1.165) is 19.0 Å². The maximum atomic E-state index is 11.1. The van der Waals surface area contributed by atoms with Gasteiger partial charge in [-0.2, -0.15) is 5.26 Å². The van der Waals surface area contributed by atoms with Crippen molar-refractivity contribution in [3.8, 4) is 6.07 Å². The number of carbonyl (C=O) groups is 1. The molecular formula is C13H15N5O3. The first-order valence-corrected chi connectivity index (χ1v) is 6.61. The van der Waals surface area contributed by atoms with Gasteiger partial charge in [0.25, 0.3) is 5.69 Å². The van der Waals surface area contributed by atoms with Gasteiger partial charge in [-0.05, 0) is 25.7 Å². The van der Waals surface area contributed by atoms with Gasteiger partial charge in [0, 0.05) is 18.0 Å². The van der Waals surface area contributed by atoms with Crippen LogP contribution in [0.4, 0.5) is 11.5 Å². The van der Waals surface area contributed by atoms with Crippen LogP contribution in [0.5, 0.6) is 0 Å². The zero-order valence-corrected chi connectivity index (χ0v) is 11.3. The lowest BCUT2D eigenvalue weighted by atomic mass is 9.85. The van der Waals surface area contributed by atoms with E-state index in [1.54, 1.807) is 0 Å². The van der Waals surface area contributed by atoms with Gasteiger partial charge in [0.2, 0.25) is 5.91 Å². The number of nitro groups is 1. The maximum Gasteiger partial charge on any atom is 0.289 e. The van der Waals surface area contributed by atoms with Crippen molar-refractivity contribution in [1.82, 2.24) is 4.98 Å². The molecule has 1 aliphatic carbocycles. The predicted octanol–water partition coefficient (Wildman–Crippen LogP) is 1.32. The minimum absolute atomic E-state index is 0.0849. The number of aromatic nitrogens is 1. The lowest BCUT2D eigenvalue weighted by Gasteiger charge is -2.27. The molecule has 1 saturated carbocycles. The van der Waals surface area contributed by atoms with Gasteiger partial charge in [0.05, 0.1) is 4.92 Å². The summed E-state index contributed by atoms with van der Waals surface area (Å²) in [6.07, 6.45) is 4.01. The lowest BCUT2D eigenvalue weighted by molar-refractivity contribution is -0.385. The minimum Gasteiger partial charge on any atom is -0.369 e. The molecule has 0 radical (unpaired) electrons. The van der Waals surface area contributed by atoms with Crippen LogP contribution in [0.2, 0.25) is 0 Å². The van der Waals surface area contributed by atoms with Gasteiger partial charge in [-0.1, -0.05) is 0 Å². The molecule has 0 spiro atoms. The fourth-order valence-corrected chi connectivity index (χ4v) is 2.47. The molecule has 0 aliphatic heterocycles. The maximum absolute atomic E-state index is 11.1. The van der Waals surface area contributed by atoms with Crippen LogP contribution in [-0.2, 0) is 4.79 Å². The molecule has 21 heavy (non-hydrogen) atoms. The smallest absolute Gasteiger partial charge is 0.289 e. The van der Waals surface area contributed by atoms with Gasteiger partial charge in [0.15, 0.2) is 0 Å². The number of nitriles is 1. The number of hydrogen-bond acceptors (Lipinski definition) is 6. The Morgan fingerprint density at radius 3 is 2.67 bits per heavy atom. The van der Waals surface area contributed by atoms with Crippen LogP contribution in [0.15, 0.2) is 12.3 Å². The highest BCUT2D eigenvalue weighted by molar-refractivity contribution is 5.76. The van der Waals surface area contributed by atoms with Gasteiger partial charge in [-0.3, -0.25) is 14.9 Å². The summed E-state index contributed by atoms with van der Waals surface area (Å²) in [5.74, 6) is -0.0337. The van der Waals surface area contributed by atoms with Crippen molar-refractivity contribution in [3.63, 3.8) is 0 Å². The monoisotopic (exact) mass is 289 g/mol. The molecule has 1 fully saturated rings. The molecule has 0 unspecified atom stereocenters. The lowest BCUT2D eigenvalue weighted by Crippen LogP contribution is -2.32. The Morgan fingerprint density at radius 2 is 2.14 bits per heavy atom. The Hall–Kier alpha value is -2.69. The molecule has 1 aliphatic rings. The third-order valence-corrected chi connectivity index (χ3v) is 3.67. The summed E-state index contributed by atoms with van der Waals surface area (Å²) in [7, 11) is 0. The van der Waals surface area contributed by atoms with E-state index in [0.29, 0.717) is 18.7 Å². The van der Waals surface area contributed by atoms with E-state index in [4.69, 9.17) is 11.0 Å². The van der Waals surface area contributed by atoms with Crippen molar-refractivity contribution in [3.05, 3.63) is 27.9 Å². The largest absolute Gasteiger partial charge is 0.369 e. The fourth-order valence-electron chi connectivity index (χ4n) is 2.47. The topological polar surface area (TPSA) is 135 Å². The standard InChI is InChI=1S/C13H15N5O3/c14-6-9-5-11(18(20)21)7-16-13(9)17-10-3-1-8(2-4-10)12(15)19/h5,7-8,10H,1-4H2,(H2,15,19)(H,16,17). The number of anilines is 1. The van der Waals surface area contributed by atoms with Crippen LogP contribution in [0.3, 0.4) is 0 Å². The van der Waals surface area contributed by atoms with Gasteiger partial charge in [-0.15, -0.1) is 0 Å². The summed E-state index contributed by atoms with van der Waals surface area (Å²) in [4.78, 5) is 25.1. The average Bonchev–Trinajstić information content (AvgIpc) is 2.48. The predicted molar refractivity (Wildman–Crippen MR) is 74.2 cm³/mol. The number of amides is 1. The summed E-state index contributed by atoms with van der Waals surface area (Å²) < 4.78 is 0. The minimum atomic E-state index is -0.588. The molecule has 1 amide bonds. The fraction of sp³-hybridized carbons (Fsp3) is 0.462. The Bertz CT molecular complexity index is 602. The molecule has 1 aromatic rings. The zero-order valence-electron chi connectivity index (χ0n) is 11.3. The van der Waals surface area contributed by atoms with E-state index in [1.165, 1.54) is 6.07 Å². The molecule has 1 aromatic heterocycles. The highest BCUT2D eigenvalue weighted by atomic mass is 16.6. The molecular weight excluding hydrogens is 274 g/mol. The first-order valence-electron chi connectivity index (χ1n) is 6.61. The highest BCUT2D eigenvalue weighted by Crippen LogP contribution is 2.27. The molecule has 0 aromatic carbocycles. The molecule has 2 rings (SSSR count). The number of carbonyl (C=O) groups excluding carboxylic acids is 1. The number of nitrogens with zero attached hydrogens (tertiary/aromatic N) is 3. The third kappa shape index (κ3) is 3.45. The summed E-state index contributed by atoms with van der Waals surface area (Å²) >= 11 is 0. The molecule has 110 valence electrons. The number of pyridine rings is 1. The van der Waals surface area contributed by atoms with Crippen molar-refractivity contribution in [2.45, 2.75) is 31.7 Å². The van der Waals surface area contributed by atoms with Gasteiger partial charge < -0.3 is 11.1 Å². The first-order chi connectivity index (χ1) is 10.0. The van der Waals surface area contributed by atoms with Crippen molar-refractivity contribution >= 4 is 17.4 Å². The average molecular weight is 289 g/mol. The van der Waals surface area contributed by atoms with Crippen molar-refractivity contribution < 1.29 is 9.72 Å². The second-order valence-electron chi connectivity index (χ2n) is 5.05. The Morgan fingerprint density at radius 1 is 1.48 bits per heavy atom. The van der Waals surface area contributed by atoms with Crippen LogP contribution in [0.1, 0.15) is 31.2 Å². The zero-order chi connectivity index (χ0) is 15.4. The summed E-state index contributed by atoms with van der Waals surface area (Å²) in [6.45, 7) is 0. The summed E-state index contributed by atoms with van der Waals surface area (Å²) in [5, 5.41) is 22.8. The van der Waals surface area contributed by atoms with E-state index in [-0.39, 0.29) is 29.1 Å². The van der Waals surface area contributed by atoms with Crippen molar-refractivity contribution in [1.29, 1.82) is 5.26 Å². The van der Waals surface area contributed by atoms with Gasteiger partial charge >= 0.3 is 0 Å². The van der Waals surface area contributed by atoms with E-state index in [9.17, 15) is 14.9 Å². The Balaban J connectivity index is 2.06. The normalized spacial score (nSPS) is 21.3. The van der Waals surface area contributed by atoms with Crippen LogP contribution in [0, 0.1) is 27.4 Å². The van der Waals surface area contributed by atoms with Gasteiger partial charge in [0.1, 0.15) is 23.6 Å². The number of hydrogen-bond donors (Lipinski definition) is 2.